The molecule has 2 amide bonds. The standard InChI is InChI=1S/C19H35N3O4/c1-18(2,3)11-19(4,12-20)17(26)22-10-9-21-15(23)13-7-5-6-8-14(13)16(24)25/h13-14H,5-12,20H2,1-4H3,(H,21,23)(H,22,26)(H,24,25). The van der Waals surface area contributed by atoms with Crippen LogP contribution in [0.5, 0.6) is 0 Å². The van der Waals surface area contributed by atoms with Gasteiger partial charge < -0.3 is 21.5 Å². The van der Waals surface area contributed by atoms with Crippen LogP contribution in [0.25, 0.3) is 0 Å². The number of hydrogen-bond acceptors (Lipinski definition) is 4. The van der Waals surface area contributed by atoms with Crippen molar-refractivity contribution in [2.75, 3.05) is 19.6 Å². The largest absolute Gasteiger partial charge is 0.481 e. The molecule has 0 saturated heterocycles. The molecule has 0 heterocycles. The van der Waals surface area contributed by atoms with Crippen LogP contribution < -0.4 is 16.4 Å². The molecule has 0 spiro atoms. The lowest BCUT2D eigenvalue weighted by atomic mass is 9.74. The Hall–Kier alpha value is -1.63. The number of carbonyl (C=O) groups excluding carboxylic acids is 2. The molecule has 0 aliphatic heterocycles. The highest BCUT2D eigenvalue weighted by Crippen LogP contribution is 2.33. The molecule has 1 rings (SSSR count). The molecule has 7 heteroatoms. The van der Waals surface area contributed by atoms with Gasteiger partial charge in [-0.2, -0.15) is 0 Å². The van der Waals surface area contributed by atoms with E-state index < -0.39 is 23.2 Å². The molecule has 0 bridgehead atoms. The summed E-state index contributed by atoms with van der Waals surface area (Å²) in [4.78, 5) is 36.1. The fraction of sp³-hybridized carbons (Fsp3) is 0.842. The summed E-state index contributed by atoms with van der Waals surface area (Å²) in [5.74, 6) is -2.34. The van der Waals surface area contributed by atoms with E-state index in [4.69, 9.17) is 5.73 Å². The average Bonchev–Trinajstić information content (AvgIpc) is 2.56. The van der Waals surface area contributed by atoms with Crippen LogP contribution in [-0.2, 0) is 14.4 Å². The normalized spacial score (nSPS) is 23.0. The number of nitrogens with one attached hydrogen (secondary N) is 2. The first-order valence-electron chi connectivity index (χ1n) is 9.49. The lowest BCUT2D eigenvalue weighted by molar-refractivity contribution is -0.148. The Labute approximate surface area is 156 Å². The van der Waals surface area contributed by atoms with Gasteiger partial charge in [-0.15, -0.1) is 0 Å². The van der Waals surface area contributed by atoms with Crippen LogP contribution in [0.4, 0.5) is 0 Å². The molecule has 3 unspecified atom stereocenters. The number of nitrogens with two attached hydrogens (primary N) is 1. The number of amides is 2. The van der Waals surface area contributed by atoms with Crippen molar-refractivity contribution in [1.29, 1.82) is 0 Å². The van der Waals surface area contributed by atoms with Gasteiger partial charge in [-0.05, 0) is 31.6 Å². The van der Waals surface area contributed by atoms with Crippen LogP contribution in [0.2, 0.25) is 0 Å². The molecular weight excluding hydrogens is 334 g/mol. The van der Waals surface area contributed by atoms with E-state index in [1.54, 1.807) is 0 Å². The van der Waals surface area contributed by atoms with Gasteiger partial charge in [0.2, 0.25) is 11.8 Å². The van der Waals surface area contributed by atoms with Gasteiger partial charge in [-0.1, -0.05) is 33.6 Å². The quantitative estimate of drug-likeness (QED) is 0.483. The van der Waals surface area contributed by atoms with Crippen molar-refractivity contribution in [2.24, 2.45) is 28.4 Å². The van der Waals surface area contributed by atoms with E-state index in [1.165, 1.54) is 0 Å². The zero-order valence-electron chi connectivity index (χ0n) is 16.6. The summed E-state index contributed by atoms with van der Waals surface area (Å²) >= 11 is 0. The maximum atomic E-state index is 12.5. The minimum absolute atomic E-state index is 0.0213. The van der Waals surface area contributed by atoms with Gasteiger partial charge in [-0.3, -0.25) is 14.4 Å². The Morgan fingerprint density at radius 2 is 1.54 bits per heavy atom. The SMILES string of the molecule is CC(C)(C)CC(C)(CN)C(=O)NCCNC(=O)C1CCCCC1C(=O)O. The third-order valence-corrected chi connectivity index (χ3v) is 5.05. The molecule has 26 heavy (non-hydrogen) atoms. The Bertz CT molecular complexity index is 515. The summed E-state index contributed by atoms with van der Waals surface area (Å²) in [5, 5.41) is 14.9. The molecule has 1 fully saturated rings. The van der Waals surface area contributed by atoms with Gasteiger partial charge in [0.1, 0.15) is 0 Å². The van der Waals surface area contributed by atoms with Gasteiger partial charge in [0.25, 0.3) is 0 Å². The summed E-state index contributed by atoms with van der Waals surface area (Å²) in [7, 11) is 0. The molecule has 0 aromatic heterocycles. The minimum atomic E-state index is -0.904. The highest BCUT2D eigenvalue weighted by atomic mass is 16.4. The smallest absolute Gasteiger partial charge is 0.307 e. The summed E-state index contributed by atoms with van der Waals surface area (Å²) in [6.45, 7) is 8.89. The highest BCUT2D eigenvalue weighted by Gasteiger charge is 2.37. The number of hydrogen-bond donors (Lipinski definition) is 4. The van der Waals surface area contributed by atoms with Crippen molar-refractivity contribution in [2.45, 2.75) is 59.8 Å². The zero-order valence-corrected chi connectivity index (χ0v) is 16.6. The zero-order chi connectivity index (χ0) is 20.0. The summed E-state index contributed by atoms with van der Waals surface area (Å²) in [6, 6.07) is 0. The number of carbonyl (C=O) groups is 3. The van der Waals surface area contributed by atoms with Crippen molar-refractivity contribution in [3.63, 3.8) is 0 Å². The molecule has 1 aliphatic carbocycles. The molecular formula is C19H35N3O4. The maximum Gasteiger partial charge on any atom is 0.307 e. The van der Waals surface area contributed by atoms with Crippen LogP contribution in [0.1, 0.15) is 59.8 Å². The first-order valence-corrected chi connectivity index (χ1v) is 9.49. The summed E-state index contributed by atoms with van der Waals surface area (Å²) in [5.41, 5.74) is 5.15. The third-order valence-electron chi connectivity index (χ3n) is 5.05. The van der Waals surface area contributed by atoms with Crippen LogP contribution in [0.3, 0.4) is 0 Å². The first kappa shape index (κ1) is 22.4. The van der Waals surface area contributed by atoms with Crippen molar-refractivity contribution >= 4 is 17.8 Å². The lowest BCUT2D eigenvalue weighted by Gasteiger charge is -2.33. The van der Waals surface area contributed by atoms with E-state index in [0.29, 0.717) is 25.8 Å². The molecule has 1 saturated carbocycles. The predicted octanol–water partition coefficient (Wildman–Crippen LogP) is 1.51. The van der Waals surface area contributed by atoms with E-state index in [9.17, 15) is 19.5 Å². The summed E-state index contributed by atoms with van der Waals surface area (Å²) in [6.07, 6.45) is 3.54. The number of carboxylic acid groups (broad SMARTS) is 1. The molecule has 7 nitrogen and oxygen atoms in total. The van der Waals surface area contributed by atoms with Crippen LogP contribution in [0.15, 0.2) is 0 Å². The fourth-order valence-corrected chi connectivity index (χ4v) is 3.86. The van der Waals surface area contributed by atoms with Crippen LogP contribution in [-0.4, -0.2) is 42.5 Å². The van der Waals surface area contributed by atoms with E-state index >= 15 is 0 Å². The Kier molecular flexibility index (Phi) is 8.06. The maximum absolute atomic E-state index is 12.5. The topological polar surface area (TPSA) is 122 Å². The van der Waals surface area contributed by atoms with Gasteiger partial charge in [0.05, 0.1) is 17.3 Å². The Morgan fingerprint density at radius 3 is 2.04 bits per heavy atom. The molecule has 3 atom stereocenters. The van der Waals surface area contributed by atoms with Gasteiger partial charge in [0, 0.05) is 19.6 Å². The van der Waals surface area contributed by atoms with Gasteiger partial charge >= 0.3 is 5.97 Å². The minimum Gasteiger partial charge on any atom is -0.481 e. The van der Waals surface area contributed by atoms with Gasteiger partial charge in [0.15, 0.2) is 0 Å². The lowest BCUT2D eigenvalue weighted by Crippen LogP contribution is -2.48. The van der Waals surface area contributed by atoms with E-state index in [2.05, 4.69) is 31.4 Å². The molecule has 0 aromatic rings. The molecule has 0 radical (unpaired) electrons. The van der Waals surface area contributed by atoms with Crippen molar-refractivity contribution in [3.05, 3.63) is 0 Å². The second-order valence-corrected chi connectivity index (χ2v) is 8.88. The Morgan fingerprint density at radius 1 is 1.00 bits per heavy atom. The number of aliphatic carboxylic acids is 1. The average molecular weight is 370 g/mol. The molecule has 150 valence electrons. The van der Waals surface area contributed by atoms with Crippen LogP contribution >= 0.6 is 0 Å². The van der Waals surface area contributed by atoms with Crippen LogP contribution in [0, 0.1) is 22.7 Å². The number of carboxylic acids is 1. The second-order valence-electron chi connectivity index (χ2n) is 8.88. The number of rotatable bonds is 8. The molecule has 5 N–H and O–H groups in total. The van der Waals surface area contributed by atoms with Gasteiger partial charge in [-0.25, -0.2) is 0 Å². The first-order chi connectivity index (χ1) is 12.0. The van der Waals surface area contributed by atoms with Crippen molar-refractivity contribution in [3.8, 4) is 0 Å². The van der Waals surface area contributed by atoms with E-state index in [-0.39, 0.29) is 30.3 Å². The highest BCUT2D eigenvalue weighted by molar-refractivity contribution is 5.85. The monoisotopic (exact) mass is 369 g/mol. The predicted molar refractivity (Wildman–Crippen MR) is 100 cm³/mol. The summed E-state index contributed by atoms with van der Waals surface area (Å²) < 4.78 is 0. The van der Waals surface area contributed by atoms with E-state index in [0.717, 1.165) is 12.8 Å². The fourth-order valence-electron chi connectivity index (χ4n) is 3.86. The Balaban J connectivity index is 2.46. The van der Waals surface area contributed by atoms with E-state index in [1.807, 2.05) is 6.92 Å². The molecule has 0 aromatic carbocycles. The van der Waals surface area contributed by atoms with Crippen molar-refractivity contribution < 1.29 is 19.5 Å². The second kappa shape index (κ2) is 9.35. The molecule has 1 aliphatic rings. The third kappa shape index (κ3) is 6.59. The van der Waals surface area contributed by atoms with Crippen molar-refractivity contribution in [1.82, 2.24) is 10.6 Å².